The van der Waals surface area contributed by atoms with Crippen LogP contribution in [0.15, 0.2) is 28.3 Å². The van der Waals surface area contributed by atoms with E-state index in [0.717, 1.165) is 21.8 Å². The van der Waals surface area contributed by atoms with Gasteiger partial charge >= 0.3 is 0 Å². The summed E-state index contributed by atoms with van der Waals surface area (Å²) in [6.07, 6.45) is 5.37. The summed E-state index contributed by atoms with van der Waals surface area (Å²) in [5.74, 6) is 0.427. The van der Waals surface area contributed by atoms with Gasteiger partial charge in [0.15, 0.2) is 12.4 Å². The minimum Gasteiger partial charge on any atom is -0.284 e. The molecule has 0 aromatic carbocycles. The SMILES string of the molecule is CN=C(NC#N)N(C)/C(=N\c1nc(C)c(-c2cc(C)ccn2)s1)NC#N. The molecule has 0 aliphatic carbocycles. The van der Waals surface area contributed by atoms with E-state index in [1.54, 1.807) is 19.4 Å². The van der Waals surface area contributed by atoms with Crippen LogP contribution in [0.25, 0.3) is 10.6 Å². The number of hydrogen-bond acceptors (Lipinski definition) is 7. The van der Waals surface area contributed by atoms with Crippen LogP contribution >= 0.6 is 11.3 Å². The number of nitriles is 2. The number of guanidine groups is 2. The quantitative estimate of drug-likeness (QED) is 0.359. The van der Waals surface area contributed by atoms with Crippen LogP contribution in [-0.2, 0) is 0 Å². The summed E-state index contributed by atoms with van der Waals surface area (Å²) in [5.41, 5.74) is 2.72. The Bertz CT molecular complexity index is 930. The van der Waals surface area contributed by atoms with Crippen molar-refractivity contribution in [1.29, 1.82) is 10.5 Å². The Labute approximate surface area is 155 Å². The van der Waals surface area contributed by atoms with Crippen molar-refractivity contribution in [3.05, 3.63) is 29.6 Å². The second-order valence-corrected chi connectivity index (χ2v) is 6.12. The number of aliphatic imine (C=N–C) groups is 2. The monoisotopic (exact) mass is 367 g/mol. The molecule has 0 unspecified atom stereocenters. The number of aromatic nitrogens is 2. The molecular weight excluding hydrogens is 350 g/mol. The van der Waals surface area contributed by atoms with Crippen molar-refractivity contribution < 1.29 is 0 Å². The fourth-order valence-electron chi connectivity index (χ4n) is 2.10. The molecule has 0 radical (unpaired) electrons. The molecule has 0 aliphatic rings. The van der Waals surface area contributed by atoms with Crippen LogP contribution in [0.2, 0.25) is 0 Å². The molecule has 2 N–H and O–H groups in total. The van der Waals surface area contributed by atoms with Crippen LogP contribution in [0, 0.1) is 36.8 Å². The molecule has 0 amide bonds. The van der Waals surface area contributed by atoms with Crippen molar-refractivity contribution in [2.75, 3.05) is 14.1 Å². The molecule has 2 aromatic rings. The Kier molecular flexibility index (Phi) is 6.20. The minimum atomic E-state index is 0.188. The fourth-order valence-corrected chi connectivity index (χ4v) is 3.00. The number of aryl methyl sites for hydroxylation is 2. The highest BCUT2D eigenvalue weighted by Gasteiger charge is 2.16. The third-order valence-electron chi connectivity index (χ3n) is 3.32. The van der Waals surface area contributed by atoms with E-state index in [9.17, 15) is 0 Å². The van der Waals surface area contributed by atoms with Crippen LogP contribution < -0.4 is 10.6 Å². The van der Waals surface area contributed by atoms with Gasteiger partial charge in [-0.3, -0.25) is 25.5 Å². The number of nitrogens with zero attached hydrogens (tertiary/aromatic N) is 7. The van der Waals surface area contributed by atoms with Crippen LogP contribution in [0.5, 0.6) is 0 Å². The van der Waals surface area contributed by atoms with Gasteiger partial charge in [-0.2, -0.15) is 15.5 Å². The molecule has 132 valence electrons. The van der Waals surface area contributed by atoms with Gasteiger partial charge in [0.25, 0.3) is 0 Å². The molecule has 0 aliphatic heterocycles. The van der Waals surface area contributed by atoms with Crippen molar-refractivity contribution >= 4 is 28.4 Å². The topological polar surface area (TPSA) is 125 Å². The minimum absolute atomic E-state index is 0.188. The standard InChI is InChI=1S/C16H17N9S/c1-10-5-6-20-12(7-10)13-11(2)23-16(26-13)24-15(22-9-18)25(4)14(19-3)21-8-17/h5-7H,1-4H3,(H,19,21)(H,22,23,24). The van der Waals surface area contributed by atoms with E-state index in [1.807, 2.05) is 32.2 Å². The van der Waals surface area contributed by atoms with Crippen LogP contribution in [-0.4, -0.2) is 40.9 Å². The van der Waals surface area contributed by atoms with Crippen molar-refractivity contribution in [2.24, 2.45) is 9.98 Å². The maximum atomic E-state index is 9.00. The van der Waals surface area contributed by atoms with E-state index in [0.29, 0.717) is 5.13 Å². The Morgan fingerprint density at radius 2 is 1.92 bits per heavy atom. The summed E-state index contributed by atoms with van der Waals surface area (Å²) in [6, 6.07) is 3.91. The summed E-state index contributed by atoms with van der Waals surface area (Å²) >= 11 is 1.36. The van der Waals surface area contributed by atoms with Crippen LogP contribution in [0.1, 0.15) is 11.3 Å². The summed E-state index contributed by atoms with van der Waals surface area (Å²) < 4.78 is 0. The Morgan fingerprint density at radius 1 is 1.23 bits per heavy atom. The largest absolute Gasteiger partial charge is 0.284 e. The molecule has 0 saturated heterocycles. The maximum Gasteiger partial charge on any atom is 0.221 e. The fraction of sp³-hybridized carbons (Fsp3) is 0.250. The highest BCUT2D eigenvalue weighted by molar-refractivity contribution is 7.18. The first kappa shape index (κ1) is 18.8. The van der Waals surface area contributed by atoms with E-state index in [1.165, 1.54) is 23.3 Å². The maximum absolute atomic E-state index is 9.00. The first-order chi connectivity index (χ1) is 12.5. The third kappa shape index (κ3) is 4.32. The second-order valence-electron chi connectivity index (χ2n) is 5.14. The highest BCUT2D eigenvalue weighted by Crippen LogP contribution is 2.33. The zero-order chi connectivity index (χ0) is 19.1. The van der Waals surface area contributed by atoms with E-state index in [4.69, 9.17) is 10.5 Å². The Balaban J connectivity index is 2.41. The van der Waals surface area contributed by atoms with Gasteiger partial charge in [0, 0.05) is 20.3 Å². The van der Waals surface area contributed by atoms with Gasteiger partial charge in [-0.05, 0) is 31.5 Å². The molecule has 2 heterocycles. The van der Waals surface area contributed by atoms with E-state index in [2.05, 4.69) is 30.6 Å². The zero-order valence-electron chi connectivity index (χ0n) is 14.8. The van der Waals surface area contributed by atoms with Gasteiger partial charge in [0.05, 0.1) is 16.3 Å². The number of nitrogens with one attached hydrogen (secondary N) is 2. The van der Waals surface area contributed by atoms with Gasteiger partial charge in [0.2, 0.25) is 17.1 Å². The van der Waals surface area contributed by atoms with Crippen LogP contribution in [0.4, 0.5) is 5.13 Å². The van der Waals surface area contributed by atoms with Gasteiger partial charge < -0.3 is 0 Å². The van der Waals surface area contributed by atoms with Crippen molar-refractivity contribution in [3.63, 3.8) is 0 Å². The summed E-state index contributed by atoms with van der Waals surface area (Å²) in [4.78, 5) is 19.5. The van der Waals surface area contributed by atoms with Gasteiger partial charge in [0.1, 0.15) is 0 Å². The summed E-state index contributed by atoms with van der Waals surface area (Å²) in [6.45, 7) is 3.88. The van der Waals surface area contributed by atoms with E-state index >= 15 is 0 Å². The molecular formula is C16H17N9S. The molecule has 0 spiro atoms. The molecule has 9 nitrogen and oxygen atoms in total. The Morgan fingerprint density at radius 3 is 2.54 bits per heavy atom. The van der Waals surface area contributed by atoms with E-state index in [-0.39, 0.29) is 11.9 Å². The molecule has 2 aromatic heterocycles. The lowest BCUT2D eigenvalue weighted by atomic mass is 10.2. The third-order valence-corrected chi connectivity index (χ3v) is 4.39. The van der Waals surface area contributed by atoms with Gasteiger partial charge in [-0.1, -0.05) is 11.3 Å². The number of pyridine rings is 1. The summed E-state index contributed by atoms with van der Waals surface area (Å²) in [5, 5.41) is 23.2. The molecule has 2 rings (SSSR count). The lowest BCUT2D eigenvalue weighted by Gasteiger charge is -2.19. The zero-order valence-corrected chi connectivity index (χ0v) is 15.6. The average Bonchev–Trinajstić information content (AvgIpc) is 2.99. The predicted molar refractivity (Wildman–Crippen MR) is 101 cm³/mol. The van der Waals surface area contributed by atoms with Crippen molar-refractivity contribution in [2.45, 2.75) is 13.8 Å². The lowest BCUT2D eigenvalue weighted by Crippen LogP contribution is -2.45. The molecule has 0 atom stereocenters. The Hall–Kier alpha value is -3.50. The van der Waals surface area contributed by atoms with Gasteiger partial charge in [-0.25, -0.2) is 4.98 Å². The molecule has 26 heavy (non-hydrogen) atoms. The summed E-state index contributed by atoms with van der Waals surface area (Å²) in [7, 11) is 3.15. The van der Waals surface area contributed by atoms with E-state index < -0.39 is 0 Å². The average molecular weight is 367 g/mol. The number of thiazole rings is 1. The number of hydrogen-bond donors (Lipinski definition) is 2. The first-order valence-electron chi connectivity index (χ1n) is 7.50. The molecule has 0 bridgehead atoms. The molecule has 10 heteroatoms. The smallest absolute Gasteiger partial charge is 0.221 e. The number of rotatable bonds is 2. The molecule has 0 saturated carbocycles. The molecule has 0 fully saturated rings. The first-order valence-corrected chi connectivity index (χ1v) is 8.31. The van der Waals surface area contributed by atoms with Crippen molar-refractivity contribution in [1.82, 2.24) is 25.5 Å². The highest BCUT2D eigenvalue weighted by atomic mass is 32.1. The van der Waals surface area contributed by atoms with Crippen molar-refractivity contribution in [3.8, 4) is 23.0 Å². The predicted octanol–water partition coefficient (Wildman–Crippen LogP) is 1.87. The van der Waals surface area contributed by atoms with Gasteiger partial charge in [-0.15, -0.1) is 0 Å². The lowest BCUT2D eigenvalue weighted by molar-refractivity contribution is 0.696. The normalized spacial score (nSPS) is 11.5. The van der Waals surface area contributed by atoms with Crippen LogP contribution in [0.3, 0.4) is 0 Å². The second kappa shape index (κ2) is 8.55.